The highest BCUT2D eigenvalue weighted by Gasteiger charge is 2.23. The van der Waals surface area contributed by atoms with Crippen molar-refractivity contribution in [3.8, 4) is 17.2 Å². The van der Waals surface area contributed by atoms with Gasteiger partial charge < -0.3 is 14.3 Å². The normalized spacial score (nSPS) is 12.0. The lowest BCUT2D eigenvalue weighted by Crippen LogP contribution is -2.41. The molecule has 12 heteroatoms. The lowest BCUT2D eigenvalue weighted by atomic mass is 10.1. The highest BCUT2D eigenvalue weighted by Crippen LogP contribution is 2.11. The SMILES string of the molecule is CCn1c(=O)c(-c2noc(C(=O)N[C@H](C)CCc3ccco3)n2)nn(-c2ccc(F)cc2)c1=O. The van der Waals surface area contributed by atoms with Crippen LogP contribution in [0, 0.1) is 5.82 Å². The molecule has 0 aliphatic carbocycles. The standard InChI is InChI=1S/C22H21FN6O5/c1-3-28-21(31)17(26-29(22(28)32)15-9-7-14(23)8-10-15)18-25-20(34-27-18)19(30)24-13(2)6-11-16-5-4-12-33-16/h4-5,7-10,12-13H,3,6,11H2,1-2H3,(H,24,30)/t13-/m1/s1. The van der Waals surface area contributed by atoms with Gasteiger partial charge in [0.2, 0.25) is 5.82 Å². The molecule has 11 nitrogen and oxygen atoms in total. The Bertz CT molecular complexity index is 1410. The van der Waals surface area contributed by atoms with E-state index in [1.54, 1.807) is 19.3 Å². The molecule has 1 amide bonds. The highest BCUT2D eigenvalue weighted by atomic mass is 19.1. The minimum atomic E-state index is -0.745. The van der Waals surface area contributed by atoms with Crippen LogP contribution in [0.25, 0.3) is 17.2 Å². The molecule has 176 valence electrons. The number of rotatable bonds is 8. The van der Waals surface area contributed by atoms with Gasteiger partial charge in [-0.05, 0) is 56.7 Å². The number of benzene rings is 1. The van der Waals surface area contributed by atoms with E-state index < -0.39 is 23.0 Å². The molecule has 0 bridgehead atoms. The summed E-state index contributed by atoms with van der Waals surface area (Å²) in [5, 5.41) is 10.5. The zero-order valence-electron chi connectivity index (χ0n) is 18.4. The second kappa shape index (κ2) is 9.65. The van der Waals surface area contributed by atoms with Gasteiger partial charge in [0.25, 0.3) is 5.56 Å². The van der Waals surface area contributed by atoms with Crippen LogP contribution < -0.4 is 16.6 Å². The third-order valence-electron chi connectivity index (χ3n) is 5.06. The molecule has 3 aromatic heterocycles. The number of aryl methyl sites for hydroxylation is 1. The van der Waals surface area contributed by atoms with Crippen LogP contribution in [-0.4, -0.2) is 36.4 Å². The lowest BCUT2D eigenvalue weighted by Gasteiger charge is -2.11. The van der Waals surface area contributed by atoms with E-state index in [2.05, 4.69) is 20.6 Å². The smallest absolute Gasteiger partial charge is 0.352 e. The van der Waals surface area contributed by atoms with Gasteiger partial charge in [0, 0.05) is 19.0 Å². The Balaban J connectivity index is 1.59. The number of hydrogen-bond donors (Lipinski definition) is 1. The van der Waals surface area contributed by atoms with Crippen LogP contribution in [0.15, 0.2) is 61.2 Å². The molecule has 0 saturated carbocycles. The molecule has 4 rings (SSSR count). The number of nitrogens with zero attached hydrogens (tertiary/aromatic N) is 5. The van der Waals surface area contributed by atoms with Gasteiger partial charge >= 0.3 is 17.5 Å². The molecule has 3 heterocycles. The first kappa shape index (κ1) is 22.8. The molecule has 0 fully saturated rings. The van der Waals surface area contributed by atoms with Crippen LogP contribution >= 0.6 is 0 Å². The zero-order valence-corrected chi connectivity index (χ0v) is 18.4. The minimum Gasteiger partial charge on any atom is -0.469 e. The van der Waals surface area contributed by atoms with Gasteiger partial charge in [0.15, 0.2) is 5.69 Å². The number of amides is 1. The number of halogens is 1. The van der Waals surface area contributed by atoms with E-state index in [4.69, 9.17) is 8.94 Å². The van der Waals surface area contributed by atoms with Crippen LogP contribution in [-0.2, 0) is 13.0 Å². The molecule has 1 aromatic carbocycles. The van der Waals surface area contributed by atoms with Crippen molar-refractivity contribution in [3.63, 3.8) is 0 Å². The predicted octanol–water partition coefficient (Wildman–Crippen LogP) is 1.95. The van der Waals surface area contributed by atoms with Crippen molar-refractivity contribution in [1.82, 2.24) is 29.8 Å². The molecule has 0 radical (unpaired) electrons. The first-order valence-corrected chi connectivity index (χ1v) is 10.5. The summed E-state index contributed by atoms with van der Waals surface area (Å²) in [6, 6.07) is 8.43. The number of furan rings is 1. The molecule has 0 unspecified atom stereocenters. The van der Waals surface area contributed by atoms with Crippen molar-refractivity contribution >= 4 is 5.91 Å². The Hall–Kier alpha value is -4.35. The van der Waals surface area contributed by atoms with Crippen LogP contribution in [0.5, 0.6) is 0 Å². The van der Waals surface area contributed by atoms with Crippen molar-refractivity contribution in [2.75, 3.05) is 0 Å². The third kappa shape index (κ3) is 4.70. The van der Waals surface area contributed by atoms with E-state index in [-0.39, 0.29) is 35.7 Å². The van der Waals surface area contributed by atoms with Gasteiger partial charge in [0.05, 0.1) is 12.0 Å². The topological polar surface area (TPSA) is 138 Å². The van der Waals surface area contributed by atoms with Crippen LogP contribution in [0.1, 0.15) is 36.7 Å². The maximum atomic E-state index is 13.3. The Labute approximate surface area is 191 Å². The predicted molar refractivity (Wildman–Crippen MR) is 117 cm³/mol. The van der Waals surface area contributed by atoms with Crippen LogP contribution in [0.4, 0.5) is 4.39 Å². The summed E-state index contributed by atoms with van der Waals surface area (Å²) >= 11 is 0. The first-order chi connectivity index (χ1) is 16.4. The average Bonchev–Trinajstić information content (AvgIpc) is 3.52. The molecule has 0 spiro atoms. The molecule has 1 N–H and O–H groups in total. The fourth-order valence-electron chi connectivity index (χ4n) is 3.27. The van der Waals surface area contributed by atoms with E-state index in [1.165, 1.54) is 12.1 Å². The molecule has 1 atom stereocenters. The quantitative estimate of drug-likeness (QED) is 0.414. The van der Waals surface area contributed by atoms with E-state index >= 15 is 0 Å². The number of hydrogen-bond acceptors (Lipinski definition) is 8. The molecule has 0 aliphatic rings. The Morgan fingerprint density at radius 1 is 1.21 bits per heavy atom. The molecule has 0 aliphatic heterocycles. The summed E-state index contributed by atoms with van der Waals surface area (Å²) in [6.45, 7) is 3.48. The van der Waals surface area contributed by atoms with Gasteiger partial charge in [-0.15, -0.1) is 0 Å². The number of carbonyl (C=O) groups is 1. The molecular formula is C22H21FN6O5. The van der Waals surface area contributed by atoms with Crippen molar-refractivity contribution in [2.24, 2.45) is 0 Å². The van der Waals surface area contributed by atoms with Crippen molar-refractivity contribution in [3.05, 3.63) is 81.0 Å². The Kier molecular flexibility index (Phi) is 6.48. The summed E-state index contributed by atoms with van der Waals surface area (Å²) in [7, 11) is 0. The number of nitrogens with one attached hydrogen (secondary N) is 1. The number of carbonyl (C=O) groups excluding carboxylic acids is 1. The Morgan fingerprint density at radius 3 is 2.65 bits per heavy atom. The monoisotopic (exact) mass is 468 g/mol. The summed E-state index contributed by atoms with van der Waals surface area (Å²) in [6.07, 6.45) is 2.83. The van der Waals surface area contributed by atoms with Crippen LogP contribution in [0.2, 0.25) is 0 Å². The summed E-state index contributed by atoms with van der Waals surface area (Å²) < 4.78 is 25.5. The molecular weight excluding hydrogens is 447 g/mol. The maximum Gasteiger partial charge on any atom is 0.352 e. The van der Waals surface area contributed by atoms with E-state index in [0.29, 0.717) is 12.8 Å². The summed E-state index contributed by atoms with van der Waals surface area (Å²) in [5.41, 5.74) is -1.51. The highest BCUT2D eigenvalue weighted by molar-refractivity contribution is 5.90. The van der Waals surface area contributed by atoms with Gasteiger partial charge in [-0.1, -0.05) is 5.16 Å². The lowest BCUT2D eigenvalue weighted by molar-refractivity contribution is 0.0893. The van der Waals surface area contributed by atoms with Crippen molar-refractivity contribution in [2.45, 2.75) is 39.3 Å². The van der Waals surface area contributed by atoms with Gasteiger partial charge in [-0.25, -0.2) is 9.18 Å². The second-order valence-electron chi connectivity index (χ2n) is 7.48. The number of aromatic nitrogens is 5. The fraction of sp³-hybridized carbons (Fsp3) is 0.273. The molecule has 34 heavy (non-hydrogen) atoms. The average molecular weight is 468 g/mol. The largest absolute Gasteiger partial charge is 0.469 e. The summed E-state index contributed by atoms with van der Waals surface area (Å²) in [4.78, 5) is 42.0. The molecule has 4 aromatic rings. The van der Waals surface area contributed by atoms with Gasteiger partial charge in [-0.3, -0.25) is 14.2 Å². The van der Waals surface area contributed by atoms with Gasteiger partial charge in [0.1, 0.15) is 11.6 Å². The second-order valence-corrected chi connectivity index (χ2v) is 7.48. The molecule has 0 saturated heterocycles. The van der Waals surface area contributed by atoms with E-state index in [9.17, 15) is 18.8 Å². The van der Waals surface area contributed by atoms with Crippen molar-refractivity contribution < 1.29 is 18.1 Å². The van der Waals surface area contributed by atoms with Crippen molar-refractivity contribution in [1.29, 1.82) is 0 Å². The summed E-state index contributed by atoms with van der Waals surface area (Å²) in [5.74, 6) is -0.919. The van der Waals surface area contributed by atoms with E-state index in [0.717, 1.165) is 27.1 Å². The minimum absolute atomic E-state index is 0.0484. The Morgan fingerprint density at radius 2 is 1.97 bits per heavy atom. The maximum absolute atomic E-state index is 13.3. The zero-order chi connectivity index (χ0) is 24.2. The van der Waals surface area contributed by atoms with E-state index in [1.807, 2.05) is 13.0 Å². The third-order valence-corrected chi connectivity index (χ3v) is 5.06. The fourth-order valence-corrected chi connectivity index (χ4v) is 3.27. The first-order valence-electron chi connectivity index (χ1n) is 10.5. The van der Waals surface area contributed by atoms with Gasteiger partial charge in [-0.2, -0.15) is 14.8 Å². The van der Waals surface area contributed by atoms with Crippen LogP contribution in [0.3, 0.4) is 0 Å².